The summed E-state index contributed by atoms with van der Waals surface area (Å²) in [5.74, 6) is 0.943. The summed E-state index contributed by atoms with van der Waals surface area (Å²) in [6.07, 6.45) is 0.420. The van der Waals surface area contributed by atoms with E-state index in [9.17, 15) is 4.79 Å². The van der Waals surface area contributed by atoms with Gasteiger partial charge in [0, 0.05) is 11.6 Å². The van der Waals surface area contributed by atoms with Gasteiger partial charge in [-0.05, 0) is 46.0 Å². The maximum atomic E-state index is 11.8. The molecule has 1 unspecified atom stereocenters. The Morgan fingerprint density at radius 3 is 2.63 bits per heavy atom. The molecule has 0 radical (unpaired) electrons. The minimum Gasteiger partial charge on any atom is -0.326 e. The largest absolute Gasteiger partial charge is 0.326 e. The number of carbonyl (C=O) groups excluding carboxylic acids is 1. The van der Waals surface area contributed by atoms with E-state index in [1.54, 1.807) is 11.3 Å². The number of alkyl halides is 1. The molecule has 0 aliphatic carbocycles. The summed E-state index contributed by atoms with van der Waals surface area (Å²) in [5, 5.41) is 6.87. The van der Waals surface area contributed by atoms with Crippen LogP contribution in [0.15, 0.2) is 41.1 Å². The third kappa shape index (κ3) is 4.08. The highest BCUT2D eigenvalue weighted by Crippen LogP contribution is 2.19. The number of thiophene rings is 1. The predicted molar refractivity (Wildman–Crippen MR) is 82.2 cm³/mol. The quantitative estimate of drug-likeness (QED) is 0.820. The van der Waals surface area contributed by atoms with Crippen LogP contribution in [0.3, 0.4) is 0 Å². The fourth-order valence-electron chi connectivity index (χ4n) is 1.77. The molecule has 1 N–H and O–H groups in total. The average Bonchev–Trinajstić information content (AvgIpc) is 2.91. The Bertz CT molecular complexity index is 522. The molecule has 1 heterocycles. The predicted octanol–water partition coefficient (Wildman–Crippen LogP) is 4.27. The van der Waals surface area contributed by atoms with Crippen LogP contribution in [-0.2, 0) is 11.2 Å². The lowest BCUT2D eigenvalue weighted by Crippen LogP contribution is -2.13. The first-order valence-electron chi connectivity index (χ1n) is 6.16. The van der Waals surface area contributed by atoms with Gasteiger partial charge < -0.3 is 5.32 Å². The number of carbonyl (C=O) groups is 1. The topological polar surface area (TPSA) is 29.1 Å². The first-order chi connectivity index (χ1) is 9.19. The van der Waals surface area contributed by atoms with Crippen molar-refractivity contribution < 1.29 is 4.79 Å². The second kappa shape index (κ2) is 6.73. The smallest absolute Gasteiger partial charge is 0.228 e. The molecule has 1 aromatic carbocycles. The molecule has 1 amide bonds. The molecule has 0 saturated heterocycles. The highest BCUT2D eigenvalue weighted by molar-refractivity contribution is 7.08. The lowest BCUT2D eigenvalue weighted by Gasteiger charge is -2.09. The number of rotatable bonds is 5. The van der Waals surface area contributed by atoms with Crippen LogP contribution in [0.4, 0.5) is 5.69 Å². The highest BCUT2D eigenvalue weighted by atomic mass is 35.5. The van der Waals surface area contributed by atoms with Gasteiger partial charge in [0.2, 0.25) is 5.91 Å². The minimum atomic E-state index is 0.0107. The molecule has 0 aliphatic rings. The minimum absolute atomic E-state index is 0.0107. The van der Waals surface area contributed by atoms with Crippen LogP contribution in [-0.4, -0.2) is 11.8 Å². The Morgan fingerprint density at radius 2 is 2.05 bits per heavy atom. The maximum absolute atomic E-state index is 11.8. The molecule has 4 heteroatoms. The van der Waals surface area contributed by atoms with Crippen LogP contribution in [0.25, 0.3) is 0 Å². The zero-order valence-electron chi connectivity index (χ0n) is 10.7. The zero-order valence-corrected chi connectivity index (χ0v) is 12.3. The van der Waals surface area contributed by atoms with Crippen molar-refractivity contribution in [1.82, 2.24) is 0 Å². The molecular formula is C15H16ClNOS. The fraction of sp³-hybridized carbons (Fsp3) is 0.267. The lowest BCUT2D eigenvalue weighted by molar-refractivity contribution is -0.115. The second-order valence-electron chi connectivity index (χ2n) is 4.53. The van der Waals surface area contributed by atoms with Crippen LogP contribution in [0.5, 0.6) is 0 Å². The van der Waals surface area contributed by atoms with E-state index >= 15 is 0 Å². The van der Waals surface area contributed by atoms with Crippen molar-refractivity contribution in [3.63, 3.8) is 0 Å². The van der Waals surface area contributed by atoms with Gasteiger partial charge in [-0.15, -0.1) is 11.6 Å². The summed E-state index contributed by atoms with van der Waals surface area (Å²) in [7, 11) is 0. The van der Waals surface area contributed by atoms with Gasteiger partial charge in [0.05, 0.1) is 6.42 Å². The lowest BCUT2D eigenvalue weighted by atomic mass is 10.0. The van der Waals surface area contributed by atoms with Gasteiger partial charge in [0.25, 0.3) is 0 Å². The molecule has 0 bridgehead atoms. The summed E-state index contributed by atoms with van der Waals surface area (Å²) < 4.78 is 0. The van der Waals surface area contributed by atoms with Gasteiger partial charge in [0.1, 0.15) is 0 Å². The van der Waals surface area contributed by atoms with Crippen molar-refractivity contribution >= 4 is 34.5 Å². The van der Waals surface area contributed by atoms with E-state index in [0.29, 0.717) is 18.2 Å². The summed E-state index contributed by atoms with van der Waals surface area (Å²) in [6, 6.07) is 9.82. The van der Waals surface area contributed by atoms with Crippen molar-refractivity contribution in [3.8, 4) is 0 Å². The van der Waals surface area contributed by atoms with Gasteiger partial charge in [0.15, 0.2) is 0 Å². The van der Waals surface area contributed by atoms with Gasteiger partial charge >= 0.3 is 0 Å². The summed E-state index contributed by atoms with van der Waals surface area (Å²) in [5.41, 5.74) is 3.06. The summed E-state index contributed by atoms with van der Waals surface area (Å²) in [6.45, 7) is 2.08. The molecule has 2 rings (SSSR count). The normalized spacial score (nSPS) is 12.1. The van der Waals surface area contributed by atoms with E-state index in [1.807, 2.05) is 41.1 Å². The number of benzene rings is 1. The first-order valence-corrected chi connectivity index (χ1v) is 7.63. The van der Waals surface area contributed by atoms with Crippen LogP contribution in [0, 0.1) is 0 Å². The third-order valence-corrected chi connectivity index (χ3v) is 4.13. The zero-order chi connectivity index (χ0) is 13.7. The van der Waals surface area contributed by atoms with E-state index in [4.69, 9.17) is 11.6 Å². The Kier molecular flexibility index (Phi) is 5.00. The Morgan fingerprint density at radius 1 is 1.32 bits per heavy atom. The molecule has 100 valence electrons. The maximum Gasteiger partial charge on any atom is 0.228 e. The van der Waals surface area contributed by atoms with Crippen molar-refractivity contribution in [1.29, 1.82) is 0 Å². The molecule has 2 aromatic rings. The number of anilines is 1. The van der Waals surface area contributed by atoms with E-state index in [1.165, 1.54) is 5.56 Å². The molecule has 1 atom stereocenters. The van der Waals surface area contributed by atoms with Crippen LogP contribution in [0.2, 0.25) is 0 Å². The standard InChI is InChI=1S/C15H16ClNOS/c1-11(9-16)13-2-4-14(5-3-13)17-15(18)8-12-6-7-19-10-12/h2-7,10-11H,8-9H2,1H3,(H,17,18). The fourth-order valence-corrected chi connectivity index (χ4v) is 2.61. The highest BCUT2D eigenvalue weighted by Gasteiger charge is 2.06. The summed E-state index contributed by atoms with van der Waals surface area (Å²) in [4.78, 5) is 11.8. The molecule has 0 spiro atoms. The number of amides is 1. The van der Waals surface area contributed by atoms with Gasteiger partial charge in [-0.3, -0.25) is 4.79 Å². The van der Waals surface area contributed by atoms with E-state index in [0.717, 1.165) is 11.3 Å². The third-order valence-electron chi connectivity index (χ3n) is 2.94. The van der Waals surface area contributed by atoms with Crippen molar-refractivity contribution in [3.05, 3.63) is 52.2 Å². The molecule has 2 nitrogen and oxygen atoms in total. The van der Waals surface area contributed by atoms with Crippen molar-refractivity contribution in [2.24, 2.45) is 0 Å². The monoisotopic (exact) mass is 293 g/mol. The SMILES string of the molecule is CC(CCl)c1ccc(NC(=O)Cc2ccsc2)cc1. The number of nitrogens with one attached hydrogen (secondary N) is 1. The molecule has 0 aliphatic heterocycles. The number of hydrogen-bond acceptors (Lipinski definition) is 2. The van der Waals surface area contributed by atoms with Crippen LogP contribution < -0.4 is 5.32 Å². The first kappa shape index (κ1) is 14.1. The van der Waals surface area contributed by atoms with Crippen molar-refractivity contribution in [2.75, 3.05) is 11.2 Å². The van der Waals surface area contributed by atoms with Gasteiger partial charge in [-0.2, -0.15) is 11.3 Å². The number of hydrogen-bond donors (Lipinski definition) is 1. The molecule has 19 heavy (non-hydrogen) atoms. The number of halogens is 1. The van der Waals surface area contributed by atoms with E-state index in [-0.39, 0.29) is 5.91 Å². The molecule has 0 fully saturated rings. The van der Waals surface area contributed by atoms with Gasteiger partial charge in [-0.1, -0.05) is 19.1 Å². The molecule has 0 saturated carbocycles. The van der Waals surface area contributed by atoms with Crippen LogP contribution in [0.1, 0.15) is 24.0 Å². The average molecular weight is 294 g/mol. The van der Waals surface area contributed by atoms with E-state index < -0.39 is 0 Å². The second-order valence-corrected chi connectivity index (χ2v) is 5.62. The molecule has 1 aromatic heterocycles. The Labute approximate surface area is 122 Å². The Hall–Kier alpha value is -1.32. The van der Waals surface area contributed by atoms with E-state index in [2.05, 4.69) is 12.2 Å². The molecular weight excluding hydrogens is 278 g/mol. The Balaban J connectivity index is 1.94. The summed E-state index contributed by atoms with van der Waals surface area (Å²) >= 11 is 7.42. The van der Waals surface area contributed by atoms with Crippen molar-refractivity contribution in [2.45, 2.75) is 19.3 Å². The van der Waals surface area contributed by atoms with Gasteiger partial charge in [-0.25, -0.2) is 0 Å². The van der Waals surface area contributed by atoms with Crippen LogP contribution >= 0.6 is 22.9 Å².